The normalized spacial score (nSPS) is 10.1. The lowest BCUT2D eigenvalue weighted by molar-refractivity contribution is 0.102. The topological polar surface area (TPSA) is 26.3 Å². The lowest BCUT2D eigenvalue weighted by Gasteiger charge is -2.10. The molecule has 0 aliphatic rings. The highest BCUT2D eigenvalue weighted by molar-refractivity contribution is 7.99. The molecule has 0 spiro atoms. The fourth-order valence-electron chi connectivity index (χ4n) is 1.52. The predicted molar refractivity (Wildman–Crippen MR) is 65.2 cm³/mol. The lowest BCUT2D eigenvalue weighted by atomic mass is 10.0. The quantitative estimate of drug-likeness (QED) is 0.736. The molecule has 0 amide bonds. The van der Waals surface area contributed by atoms with E-state index >= 15 is 0 Å². The Balaban J connectivity index is 3.10. The van der Waals surface area contributed by atoms with Crippen LogP contribution in [0.2, 0.25) is 0 Å². The van der Waals surface area contributed by atoms with Gasteiger partial charge in [-0.2, -0.15) is 11.8 Å². The van der Waals surface area contributed by atoms with Crippen LogP contribution in [0.1, 0.15) is 21.5 Å². The third-order valence-electron chi connectivity index (χ3n) is 2.32. The molecule has 15 heavy (non-hydrogen) atoms. The molecular formula is C12H16O2S. The van der Waals surface area contributed by atoms with Gasteiger partial charge < -0.3 is 4.74 Å². The van der Waals surface area contributed by atoms with Crippen molar-refractivity contribution in [3.63, 3.8) is 0 Å². The summed E-state index contributed by atoms with van der Waals surface area (Å²) in [6, 6.07) is 3.83. The highest BCUT2D eigenvalue weighted by atomic mass is 32.2. The summed E-state index contributed by atoms with van der Waals surface area (Å²) >= 11 is 1.55. The van der Waals surface area contributed by atoms with Crippen LogP contribution < -0.4 is 4.74 Å². The van der Waals surface area contributed by atoms with Crippen LogP contribution in [0, 0.1) is 13.8 Å². The number of carbonyl (C=O) groups is 1. The second kappa shape index (κ2) is 5.21. The average molecular weight is 224 g/mol. The van der Waals surface area contributed by atoms with Gasteiger partial charge in [-0.3, -0.25) is 4.79 Å². The van der Waals surface area contributed by atoms with Crippen molar-refractivity contribution >= 4 is 17.5 Å². The summed E-state index contributed by atoms with van der Waals surface area (Å²) in [5.74, 6) is 1.56. The number of aryl methyl sites for hydroxylation is 2. The highest BCUT2D eigenvalue weighted by Crippen LogP contribution is 2.23. The maximum atomic E-state index is 11.8. The summed E-state index contributed by atoms with van der Waals surface area (Å²) in [7, 11) is 1.64. The van der Waals surface area contributed by atoms with Crippen molar-refractivity contribution in [1.82, 2.24) is 0 Å². The van der Waals surface area contributed by atoms with Crippen molar-refractivity contribution in [1.29, 1.82) is 0 Å². The second-order valence-electron chi connectivity index (χ2n) is 3.49. The van der Waals surface area contributed by atoms with Gasteiger partial charge in [-0.25, -0.2) is 0 Å². The van der Waals surface area contributed by atoms with Gasteiger partial charge in [0, 0.05) is 5.56 Å². The van der Waals surface area contributed by atoms with Gasteiger partial charge in [0.2, 0.25) is 0 Å². The maximum absolute atomic E-state index is 11.8. The fraction of sp³-hybridized carbons (Fsp3) is 0.417. The van der Waals surface area contributed by atoms with Crippen LogP contribution in [0.5, 0.6) is 5.75 Å². The van der Waals surface area contributed by atoms with Crippen LogP contribution in [0.25, 0.3) is 0 Å². The molecule has 0 fully saturated rings. The van der Waals surface area contributed by atoms with Crippen LogP contribution in [0.15, 0.2) is 12.1 Å². The molecule has 0 saturated carbocycles. The van der Waals surface area contributed by atoms with E-state index in [-0.39, 0.29) is 5.78 Å². The Bertz CT molecular complexity index is 372. The lowest BCUT2D eigenvalue weighted by Crippen LogP contribution is -2.05. The summed E-state index contributed by atoms with van der Waals surface area (Å²) in [6.45, 7) is 3.89. The summed E-state index contributed by atoms with van der Waals surface area (Å²) in [5, 5.41) is 0. The van der Waals surface area contributed by atoms with E-state index in [1.165, 1.54) is 0 Å². The summed E-state index contributed by atoms with van der Waals surface area (Å²) in [4.78, 5) is 11.8. The Morgan fingerprint density at radius 3 is 2.53 bits per heavy atom. The van der Waals surface area contributed by atoms with Crippen molar-refractivity contribution in [2.24, 2.45) is 0 Å². The molecule has 0 aliphatic carbocycles. The monoisotopic (exact) mass is 224 g/mol. The molecule has 0 N–H and O–H groups in total. The molecule has 3 heteroatoms. The molecule has 0 saturated heterocycles. The Hall–Kier alpha value is -0.960. The first-order valence-corrected chi connectivity index (χ1v) is 6.17. The summed E-state index contributed by atoms with van der Waals surface area (Å²) in [5.41, 5.74) is 2.80. The van der Waals surface area contributed by atoms with Crippen molar-refractivity contribution in [3.05, 3.63) is 28.8 Å². The van der Waals surface area contributed by atoms with E-state index in [2.05, 4.69) is 0 Å². The Labute approximate surface area is 95.0 Å². The highest BCUT2D eigenvalue weighted by Gasteiger charge is 2.11. The van der Waals surface area contributed by atoms with Crippen LogP contribution in [-0.2, 0) is 0 Å². The van der Waals surface area contributed by atoms with Gasteiger partial charge in [0.05, 0.1) is 12.9 Å². The van der Waals surface area contributed by atoms with Crippen molar-refractivity contribution < 1.29 is 9.53 Å². The van der Waals surface area contributed by atoms with E-state index in [0.717, 1.165) is 22.4 Å². The maximum Gasteiger partial charge on any atom is 0.172 e. The molecule has 1 aromatic carbocycles. The minimum atomic E-state index is 0.186. The zero-order valence-electron chi connectivity index (χ0n) is 9.59. The van der Waals surface area contributed by atoms with Crippen molar-refractivity contribution in [2.45, 2.75) is 13.8 Å². The fourth-order valence-corrected chi connectivity index (χ4v) is 1.94. The number of hydrogen-bond acceptors (Lipinski definition) is 3. The largest absolute Gasteiger partial charge is 0.496 e. The number of ketones is 1. The van der Waals surface area contributed by atoms with E-state index in [9.17, 15) is 4.79 Å². The summed E-state index contributed by atoms with van der Waals surface area (Å²) < 4.78 is 5.20. The molecule has 0 aliphatic heterocycles. The molecule has 1 rings (SSSR count). The molecule has 0 radical (unpaired) electrons. The molecule has 2 nitrogen and oxygen atoms in total. The predicted octanol–water partition coefficient (Wildman–Crippen LogP) is 2.86. The van der Waals surface area contributed by atoms with E-state index < -0.39 is 0 Å². The average Bonchev–Trinajstić information content (AvgIpc) is 2.21. The van der Waals surface area contributed by atoms with Crippen molar-refractivity contribution in [2.75, 3.05) is 19.1 Å². The van der Waals surface area contributed by atoms with E-state index in [1.807, 2.05) is 32.2 Å². The number of Topliss-reactive ketones (excluding diaryl/α,β-unsaturated/α-hetero) is 1. The van der Waals surface area contributed by atoms with Crippen LogP contribution >= 0.6 is 11.8 Å². The number of rotatable bonds is 4. The first-order valence-electron chi connectivity index (χ1n) is 4.77. The number of ether oxygens (including phenoxy) is 1. The van der Waals surface area contributed by atoms with Crippen LogP contribution in [-0.4, -0.2) is 24.9 Å². The Kier molecular flexibility index (Phi) is 4.21. The van der Waals surface area contributed by atoms with Gasteiger partial charge in [-0.1, -0.05) is 0 Å². The van der Waals surface area contributed by atoms with Gasteiger partial charge >= 0.3 is 0 Å². The van der Waals surface area contributed by atoms with Gasteiger partial charge in [-0.15, -0.1) is 0 Å². The summed E-state index contributed by atoms with van der Waals surface area (Å²) in [6.07, 6.45) is 1.93. The van der Waals surface area contributed by atoms with Gasteiger partial charge in [0.15, 0.2) is 5.78 Å². The molecule has 0 atom stereocenters. The minimum Gasteiger partial charge on any atom is -0.496 e. The van der Waals surface area contributed by atoms with Crippen LogP contribution in [0.3, 0.4) is 0 Å². The molecule has 1 aromatic rings. The Morgan fingerprint density at radius 1 is 1.33 bits per heavy atom. The van der Waals surface area contributed by atoms with Crippen LogP contribution in [0.4, 0.5) is 0 Å². The Morgan fingerprint density at radius 2 is 2.00 bits per heavy atom. The molecule has 82 valence electrons. The second-order valence-corrected chi connectivity index (χ2v) is 4.36. The van der Waals surface area contributed by atoms with Gasteiger partial charge in [0.1, 0.15) is 5.75 Å². The minimum absolute atomic E-state index is 0.186. The first kappa shape index (κ1) is 12.1. The van der Waals surface area contributed by atoms with E-state index in [4.69, 9.17) is 4.74 Å². The SMILES string of the molecule is COc1cc(C)c(C(=O)CSC)cc1C. The number of carbonyl (C=O) groups excluding carboxylic acids is 1. The molecule has 0 aromatic heterocycles. The zero-order chi connectivity index (χ0) is 11.4. The number of hydrogen-bond donors (Lipinski definition) is 0. The first-order chi connectivity index (χ1) is 7.10. The van der Waals surface area contributed by atoms with Gasteiger partial charge in [0.25, 0.3) is 0 Å². The van der Waals surface area contributed by atoms with E-state index in [0.29, 0.717) is 5.75 Å². The number of methoxy groups -OCH3 is 1. The molecule has 0 heterocycles. The van der Waals surface area contributed by atoms with Crippen molar-refractivity contribution in [3.8, 4) is 5.75 Å². The third kappa shape index (κ3) is 2.75. The molecule has 0 bridgehead atoms. The van der Waals surface area contributed by atoms with E-state index in [1.54, 1.807) is 18.9 Å². The number of thioether (sulfide) groups is 1. The zero-order valence-corrected chi connectivity index (χ0v) is 10.4. The number of benzene rings is 1. The smallest absolute Gasteiger partial charge is 0.172 e. The third-order valence-corrected chi connectivity index (χ3v) is 2.87. The molecule has 0 unspecified atom stereocenters. The van der Waals surface area contributed by atoms with Gasteiger partial charge in [-0.05, 0) is 43.4 Å². The molecular weight excluding hydrogens is 208 g/mol. The standard InChI is InChI=1S/C12H16O2S/c1-8-6-12(14-3)9(2)5-10(8)11(13)7-15-4/h5-6H,7H2,1-4H3.